The summed E-state index contributed by atoms with van der Waals surface area (Å²) in [7, 11) is 0. The number of likely N-dealkylation sites (tertiary alicyclic amines) is 1. The standard InChI is InChI=1S/C13H16N2O3/c14-9-10-2-1-3-11(8-10)18-7-6-15-12(16)4-5-13(15)17/h1-3,8H,4-7,9,14H2. The van der Waals surface area contributed by atoms with Gasteiger partial charge >= 0.3 is 0 Å². The van der Waals surface area contributed by atoms with E-state index in [2.05, 4.69) is 0 Å². The molecule has 1 aliphatic rings. The van der Waals surface area contributed by atoms with Crippen molar-refractivity contribution >= 4 is 11.8 Å². The molecule has 1 aromatic carbocycles. The van der Waals surface area contributed by atoms with Crippen molar-refractivity contribution in [3.63, 3.8) is 0 Å². The number of imide groups is 1. The summed E-state index contributed by atoms with van der Waals surface area (Å²) in [5.74, 6) is 0.482. The fraction of sp³-hybridized carbons (Fsp3) is 0.385. The monoisotopic (exact) mass is 248 g/mol. The summed E-state index contributed by atoms with van der Waals surface area (Å²) < 4.78 is 5.51. The van der Waals surface area contributed by atoms with Crippen molar-refractivity contribution in [2.24, 2.45) is 5.73 Å². The van der Waals surface area contributed by atoms with E-state index in [0.717, 1.165) is 5.56 Å². The number of hydrogen-bond acceptors (Lipinski definition) is 4. The zero-order valence-corrected chi connectivity index (χ0v) is 10.1. The van der Waals surface area contributed by atoms with Gasteiger partial charge in [0.15, 0.2) is 0 Å². The Hall–Kier alpha value is -1.88. The maximum Gasteiger partial charge on any atom is 0.229 e. The largest absolute Gasteiger partial charge is 0.492 e. The van der Waals surface area contributed by atoms with Crippen LogP contribution in [0.4, 0.5) is 0 Å². The minimum Gasteiger partial charge on any atom is -0.492 e. The van der Waals surface area contributed by atoms with Gasteiger partial charge in [0.1, 0.15) is 12.4 Å². The predicted octanol–water partition coefficient (Wildman–Crippen LogP) is 0.673. The van der Waals surface area contributed by atoms with E-state index in [1.807, 2.05) is 24.3 Å². The molecule has 0 aliphatic carbocycles. The van der Waals surface area contributed by atoms with Crippen LogP contribution in [-0.2, 0) is 16.1 Å². The van der Waals surface area contributed by atoms with Gasteiger partial charge in [0.25, 0.3) is 0 Å². The molecule has 5 nitrogen and oxygen atoms in total. The van der Waals surface area contributed by atoms with Crippen molar-refractivity contribution in [3.8, 4) is 5.75 Å². The van der Waals surface area contributed by atoms with Crippen LogP contribution in [0.25, 0.3) is 0 Å². The number of amides is 2. The average Bonchev–Trinajstić information content (AvgIpc) is 2.70. The number of nitrogens with zero attached hydrogens (tertiary/aromatic N) is 1. The van der Waals surface area contributed by atoms with E-state index >= 15 is 0 Å². The van der Waals surface area contributed by atoms with Crippen molar-refractivity contribution in [2.45, 2.75) is 19.4 Å². The lowest BCUT2D eigenvalue weighted by Gasteiger charge is -2.14. The van der Waals surface area contributed by atoms with Crippen molar-refractivity contribution in [2.75, 3.05) is 13.2 Å². The topological polar surface area (TPSA) is 72.6 Å². The van der Waals surface area contributed by atoms with Crippen molar-refractivity contribution in [1.82, 2.24) is 4.90 Å². The Morgan fingerprint density at radius 2 is 1.94 bits per heavy atom. The summed E-state index contributed by atoms with van der Waals surface area (Å²) in [4.78, 5) is 24.0. The molecule has 18 heavy (non-hydrogen) atoms. The number of rotatable bonds is 5. The van der Waals surface area contributed by atoms with Crippen LogP contribution in [0.2, 0.25) is 0 Å². The van der Waals surface area contributed by atoms with Crippen LogP contribution < -0.4 is 10.5 Å². The Labute approximate surface area is 106 Å². The van der Waals surface area contributed by atoms with Crippen LogP contribution in [0.1, 0.15) is 18.4 Å². The third-order valence-electron chi connectivity index (χ3n) is 2.87. The number of nitrogens with two attached hydrogens (primary N) is 1. The molecule has 0 bridgehead atoms. The van der Waals surface area contributed by atoms with Gasteiger partial charge in [-0.3, -0.25) is 14.5 Å². The summed E-state index contributed by atoms with van der Waals surface area (Å²) in [6, 6.07) is 7.46. The Kier molecular flexibility index (Phi) is 3.94. The summed E-state index contributed by atoms with van der Waals surface area (Å²) >= 11 is 0. The molecule has 0 saturated carbocycles. The minimum atomic E-state index is -0.112. The highest BCUT2D eigenvalue weighted by Gasteiger charge is 2.28. The van der Waals surface area contributed by atoms with Crippen molar-refractivity contribution < 1.29 is 14.3 Å². The highest BCUT2D eigenvalue weighted by molar-refractivity contribution is 6.01. The molecule has 1 aliphatic heterocycles. The molecule has 0 unspecified atom stereocenters. The Morgan fingerprint density at radius 3 is 2.61 bits per heavy atom. The van der Waals surface area contributed by atoms with Gasteiger partial charge in [-0.1, -0.05) is 12.1 Å². The van der Waals surface area contributed by atoms with Crippen LogP contribution >= 0.6 is 0 Å². The van der Waals surface area contributed by atoms with Gasteiger partial charge in [0.2, 0.25) is 11.8 Å². The van der Waals surface area contributed by atoms with Crippen molar-refractivity contribution in [1.29, 1.82) is 0 Å². The highest BCUT2D eigenvalue weighted by atomic mass is 16.5. The van der Waals surface area contributed by atoms with Gasteiger partial charge in [-0.15, -0.1) is 0 Å². The van der Waals surface area contributed by atoms with Crippen molar-refractivity contribution in [3.05, 3.63) is 29.8 Å². The first-order valence-electron chi connectivity index (χ1n) is 5.95. The van der Waals surface area contributed by atoms with E-state index < -0.39 is 0 Å². The van der Waals surface area contributed by atoms with E-state index in [1.54, 1.807) is 0 Å². The van der Waals surface area contributed by atoms with Crippen LogP contribution in [0.3, 0.4) is 0 Å². The molecule has 0 spiro atoms. The number of carbonyl (C=O) groups is 2. The van der Waals surface area contributed by atoms with Gasteiger partial charge in [0, 0.05) is 19.4 Å². The molecule has 2 amide bonds. The van der Waals surface area contributed by atoms with Crippen LogP contribution in [0.15, 0.2) is 24.3 Å². The quantitative estimate of drug-likeness (QED) is 0.777. The maximum absolute atomic E-state index is 11.4. The lowest BCUT2D eigenvalue weighted by molar-refractivity contribution is -0.138. The molecule has 0 aromatic heterocycles. The zero-order chi connectivity index (χ0) is 13.0. The minimum absolute atomic E-state index is 0.112. The number of ether oxygens (including phenoxy) is 1. The van der Waals surface area contributed by atoms with Gasteiger partial charge in [-0.05, 0) is 17.7 Å². The molecule has 0 radical (unpaired) electrons. The second kappa shape index (κ2) is 5.64. The lowest BCUT2D eigenvalue weighted by Crippen LogP contribution is -2.33. The molecular formula is C13H16N2O3. The SMILES string of the molecule is NCc1cccc(OCCN2C(=O)CCC2=O)c1. The Morgan fingerprint density at radius 1 is 1.22 bits per heavy atom. The maximum atomic E-state index is 11.4. The molecule has 1 aromatic rings. The van der Waals surface area contributed by atoms with Gasteiger partial charge in [-0.25, -0.2) is 0 Å². The van der Waals surface area contributed by atoms with E-state index in [-0.39, 0.29) is 11.8 Å². The zero-order valence-electron chi connectivity index (χ0n) is 10.1. The second-order valence-corrected chi connectivity index (χ2v) is 4.14. The predicted molar refractivity (Wildman–Crippen MR) is 65.8 cm³/mol. The third-order valence-corrected chi connectivity index (χ3v) is 2.87. The normalized spacial score (nSPS) is 15.3. The van der Waals surface area contributed by atoms with Crippen LogP contribution in [-0.4, -0.2) is 29.9 Å². The fourth-order valence-corrected chi connectivity index (χ4v) is 1.89. The molecule has 0 atom stereocenters. The van der Waals surface area contributed by atoms with Crippen LogP contribution in [0, 0.1) is 0 Å². The first-order chi connectivity index (χ1) is 8.70. The van der Waals surface area contributed by atoms with E-state index in [1.165, 1.54) is 4.90 Å². The van der Waals surface area contributed by atoms with Gasteiger partial charge < -0.3 is 10.5 Å². The molecular weight excluding hydrogens is 232 g/mol. The Balaban J connectivity index is 1.84. The second-order valence-electron chi connectivity index (χ2n) is 4.14. The van der Waals surface area contributed by atoms with Gasteiger partial charge in [-0.2, -0.15) is 0 Å². The molecule has 5 heteroatoms. The van der Waals surface area contributed by atoms with Gasteiger partial charge in [0.05, 0.1) is 6.54 Å². The molecule has 1 fully saturated rings. The van der Waals surface area contributed by atoms with E-state index in [4.69, 9.17) is 10.5 Å². The number of benzene rings is 1. The first kappa shape index (κ1) is 12.6. The number of hydrogen-bond donors (Lipinski definition) is 1. The Bertz CT molecular complexity index is 443. The summed E-state index contributed by atoms with van der Waals surface area (Å²) in [5.41, 5.74) is 6.52. The summed E-state index contributed by atoms with van der Waals surface area (Å²) in [6.07, 6.45) is 0.642. The smallest absolute Gasteiger partial charge is 0.229 e. The average molecular weight is 248 g/mol. The first-order valence-corrected chi connectivity index (χ1v) is 5.95. The summed E-state index contributed by atoms with van der Waals surface area (Å²) in [5, 5.41) is 0. The highest BCUT2D eigenvalue weighted by Crippen LogP contribution is 2.14. The van der Waals surface area contributed by atoms with E-state index in [9.17, 15) is 9.59 Å². The molecule has 1 saturated heterocycles. The molecule has 2 rings (SSSR count). The van der Waals surface area contributed by atoms with E-state index in [0.29, 0.717) is 38.3 Å². The molecule has 96 valence electrons. The lowest BCUT2D eigenvalue weighted by atomic mass is 10.2. The summed E-state index contributed by atoms with van der Waals surface area (Å²) in [6.45, 7) is 1.08. The molecule has 2 N–H and O–H groups in total. The third kappa shape index (κ3) is 2.87. The molecule has 1 heterocycles. The fourth-order valence-electron chi connectivity index (χ4n) is 1.89. The number of carbonyl (C=O) groups excluding carboxylic acids is 2. The van der Waals surface area contributed by atoms with Crippen LogP contribution in [0.5, 0.6) is 5.75 Å².